The number of benzene rings is 4. The molecule has 0 heterocycles. The zero-order chi connectivity index (χ0) is 28.9. The molecule has 0 fully saturated rings. The van der Waals surface area contributed by atoms with Crippen molar-refractivity contribution in [3.63, 3.8) is 0 Å². The SMILES string of the molecule is COc1ccc(S(=O)(=O)N(CC(=O)N[C@@H](c2ccccc2)c2ccc(C)cc2)c2cc(C)cc(C)c2)cc1OC. The van der Waals surface area contributed by atoms with Crippen molar-refractivity contribution in [3.05, 3.63) is 119 Å². The Hall–Kier alpha value is -4.30. The van der Waals surface area contributed by atoms with Crippen LogP contribution < -0.4 is 19.1 Å². The normalized spacial score (nSPS) is 11.9. The Labute approximate surface area is 236 Å². The van der Waals surface area contributed by atoms with E-state index in [9.17, 15) is 13.2 Å². The highest BCUT2D eigenvalue weighted by Crippen LogP contribution is 2.33. The fourth-order valence-corrected chi connectivity index (χ4v) is 6.04. The van der Waals surface area contributed by atoms with E-state index in [1.165, 1.54) is 32.4 Å². The average Bonchev–Trinajstić information content (AvgIpc) is 2.94. The molecule has 208 valence electrons. The van der Waals surface area contributed by atoms with E-state index in [4.69, 9.17) is 9.47 Å². The second-order valence-corrected chi connectivity index (χ2v) is 11.6. The summed E-state index contributed by atoms with van der Waals surface area (Å²) in [5, 5.41) is 3.07. The number of carbonyl (C=O) groups is 1. The lowest BCUT2D eigenvalue weighted by Gasteiger charge is -2.27. The van der Waals surface area contributed by atoms with Gasteiger partial charge < -0.3 is 14.8 Å². The summed E-state index contributed by atoms with van der Waals surface area (Å²) in [5.74, 6) is 0.232. The Morgan fingerprint density at radius 3 is 1.95 bits per heavy atom. The van der Waals surface area contributed by atoms with Crippen LogP contribution in [-0.4, -0.2) is 35.1 Å². The number of carbonyl (C=O) groups excluding carboxylic acids is 1. The van der Waals surface area contributed by atoms with Gasteiger partial charge in [0.15, 0.2) is 11.5 Å². The lowest BCUT2D eigenvalue weighted by Crippen LogP contribution is -2.42. The number of anilines is 1. The van der Waals surface area contributed by atoms with Gasteiger partial charge in [0.1, 0.15) is 6.54 Å². The van der Waals surface area contributed by atoms with Gasteiger partial charge in [0.2, 0.25) is 5.91 Å². The number of sulfonamides is 1. The largest absolute Gasteiger partial charge is 0.493 e. The van der Waals surface area contributed by atoms with Gasteiger partial charge in [-0.15, -0.1) is 0 Å². The molecule has 4 aromatic carbocycles. The van der Waals surface area contributed by atoms with E-state index < -0.39 is 28.5 Å². The molecule has 0 unspecified atom stereocenters. The quantitative estimate of drug-likeness (QED) is 0.269. The summed E-state index contributed by atoms with van der Waals surface area (Å²) < 4.78 is 39.9. The Bertz CT molecular complexity index is 1570. The molecule has 1 N–H and O–H groups in total. The Morgan fingerprint density at radius 2 is 1.35 bits per heavy atom. The van der Waals surface area contributed by atoms with Crippen molar-refractivity contribution >= 4 is 21.6 Å². The lowest BCUT2D eigenvalue weighted by atomic mass is 9.98. The first kappa shape index (κ1) is 28.7. The minimum absolute atomic E-state index is 0.0183. The van der Waals surface area contributed by atoms with E-state index in [1.54, 1.807) is 12.1 Å². The number of ether oxygens (including phenoxy) is 2. The number of hydrogen-bond acceptors (Lipinski definition) is 5. The van der Waals surface area contributed by atoms with Crippen LogP contribution in [0, 0.1) is 20.8 Å². The zero-order valence-corrected chi connectivity index (χ0v) is 24.2. The first-order valence-corrected chi connectivity index (χ1v) is 14.3. The fraction of sp³-hybridized carbons (Fsp3) is 0.219. The molecule has 1 amide bonds. The molecule has 0 bridgehead atoms. The number of aryl methyl sites for hydroxylation is 3. The van der Waals surface area contributed by atoms with Crippen LogP contribution in [0.1, 0.15) is 33.9 Å². The zero-order valence-electron chi connectivity index (χ0n) is 23.3. The van der Waals surface area contributed by atoms with E-state index >= 15 is 0 Å². The van der Waals surface area contributed by atoms with Gasteiger partial charge in [-0.05, 0) is 67.3 Å². The monoisotopic (exact) mass is 558 g/mol. The van der Waals surface area contributed by atoms with Crippen molar-refractivity contribution in [2.45, 2.75) is 31.7 Å². The maximum absolute atomic E-state index is 14.1. The van der Waals surface area contributed by atoms with Gasteiger partial charge in [-0.25, -0.2) is 8.42 Å². The van der Waals surface area contributed by atoms with Gasteiger partial charge >= 0.3 is 0 Å². The second-order valence-electron chi connectivity index (χ2n) is 9.70. The second kappa shape index (κ2) is 12.3. The Balaban J connectivity index is 1.74. The van der Waals surface area contributed by atoms with Crippen LogP contribution in [0.25, 0.3) is 0 Å². The number of amides is 1. The summed E-state index contributed by atoms with van der Waals surface area (Å²) in [6, 6.07) is 26.9. The van der Waals surface area contributed by atoms with Gasteiger partial charge in [0, 0.05) is 6.07 Å². The van der Waals surface area contributed by atoms with Crippen LogP contribution in [-0.2, 0) is 14.8 Å². The third-order valence-electron chi connectivity index (χ3n) is 6.57. The van der Waals surface area contributed by atoms with Gasteiger partial charge in [-0.3, -0.25) is 9.10 Å². The fourth-order valence-electron chi connectivity index (χ4n) is 4.61. The molecule has 0 spiro atoms. The number of hydrogen-bond donors (Lipinski definition) is 1. The van der Waals surface area contributed by atoms with Crippen molar-refractivity contribution < 1.29 is 22.7 Å². The van der Waals surface area contributed by atoms with E-state index in [0.29, 0.717) is 11.4 Å². The molecule has 4 rings (SSSR count). The molecule has 8 heteroatoms. The minimum atomic E-state index is -4.17. The van der Waals surface area contributed by atoms with Crippen LogP contribution in [0.3, 0.4) is 0 Å². The van der Waals surface area contributed by atoms with Crippen molar-refractivity contribution in [3.8, 4) is 11.5 Å². The number of rotatable bonds is 10. The third kappa shape index (κ3) is 6.46. The van der Waals surface area contributed by atoms with Crippen molar-refractivity contribution in [2.24, 2.45) is 0 Å². The molecule has 40 heavy (non-hydrogen) atoms. The number of methoxy groups -OCH3 is 2. The van der Waals surface area contributed by atoms with Gasteiger partial charge in [0.05, 0.1) is 30.8 Å². The third-order valence-corrected chi connectivity index (χ3v) is 8.34. The lowest BCUT2D eigenvalue weighted by molar-refractivity contribution is -0.120. The minimum Gasteiger partial charge on any atom is -0.493 e. The molecule has 7 nitrogen and oxygen atoms in total. The van der Waals surface area contributed by atoms with Crippen LogP contribution in [0.4, 0.5) is 5.69 Å². The summed E-state index contributed by atoms with van der Waals surface area (Å²) in [4.78, 5) is 13.6. The van der Waals surface area contributed by atoms with Crippen molar-refractivity contribution in [1.82, 2.24) is 5.32 Å². The number of nitrogens with one attached hydrogen (secondary N) is 1. The molecule has 0 aliphatic rings. The Kier molecular flexibility index (Phi) is 8.80. The van der Waals surface area contributed by atoms with E-state index in [-0.39, 0.29) is 10.6 Å². The molecule has 0 saturated heterocycles. The van der Waals surface area contributed by atoms with Crippen LogP contribution in [0.2, 0.25) is 0 Å². The maximum Gasteiger partial charge on any atom is 0.264 e. The summed E-state index contributed by atoms with van der Waals surface area (Å²) in [6.45, 7) is 5.36. The predicted octanol–water partition coefficient (Wildman–Crippen LogP) is 5.73. The van der Waals surface area contributed by atoms with E-state index in [0.717, 1.165) is 32.1 Å². The van der Waals surface area contributed by atoms with Crippen LogP contribution in [0.15, 0.2) is 95.9 Å². The summed E-state index contributed by atoms with van der Waals surface area (Å²) in [7, 11) is -1.25. The van der Waals surface area contributed by atoms with E-state index in [1.807, 2.05) is 81.4 Å². The number of nitrogens with zero attached hydrogens (tertiary/aromatic N) is 1. The van der Waals surface area contributed by atoms with Gasteiger partial charge in [-0.2, -0.15) is 0 Å². The molecule has 0 aliphatic heterocycles. The van der Waals surface area contributed by atoms with Gasteiger partial charge in [-0.1, -0.05) is 66.2 Å². The highest BCUT2D eigenvalue weighted by molar-refractivity contribution is 7.92. The highest BCUT2D eigenvalue weighted by atomic mass is 32.2. The standard InChI is InChI=1S/C32H34N2O5S/c1-22-11-13-26(14-12-22)32(25-9-7-6-8-10-25)33-31(35)21-34(27-18-23(2)17-24(3)19-27)40(36,37)28-15-16-29(38-4)30(20-28)39-5/h6-20,32H,21H2,1-5H3,(H,33,35)/t32-/m0/s1. The van der Waals surface area contributed by atoms with Crippen molar-refractivity contribution in [1.29, 1.82) is 0 Å². The van der Waals surface area contributed by atoms with Crippen molar-refractivity contribution in [2.75, 3.05) is 25.1 Å². The smallest absolute Gasteiger partial charge is 0.264 e. The molecule has 4 aromatic rings. The molecule has 0 aromatic heterocycles. The maximum atomic E-state index is 14.1. The molecule has 0 aliphatic carbocycles. The average molecular weight is 559 g/mol. The Morgan fingerprint density at radius 1 is 0.750 bits per heavy atom. The molecular weight excluding hydrogens is 524 g/mol. The summed E-state index contributed by atoms with van der Waals surface area (Å²) in [6.07, 6.45) is 0. The van der Waals surface area contributed by atoms with E-state index in [2.05, 4.69) is 5.32 Å². The molecule has 1 atom stereocenters. The highest BCUT2D eigenvalue weighted by Gasteiger charge is 2.30. The topological polar surface area (TPSA) is 84.9 Å². The first-order valence-electron chi connectivity index (χ1n) is 12.9. The molecule has 0 radical (unpaired) electrons. The molecular formula is C32H34N2O5S. The molecule has 0 saturated carbocycles. The van der Waals surface area contributed by atoms with Crippen LogP contribution >= 0.6 is 0 Å². The van der Waals surface area contributed by atoms with Gasteiger partial charge in [0.25, 0.3) is 10.0 Å². The first-order chi connectivity index (χ1) is 19.1. The van der Waals surface area contributed by atoms with Crippen LogP contribution in [0.5, 0.6) is 11.5 Å². The predicted molar refractivity (Wildman–Crippen MR) is 158 cm³/mol. The summed E-state index contributed by atoms with van der Waals surface area (Å²) in [5.41, 5.74) is 5.04. The summed E-state index contributed by atoms with van der Waals surface area (Å²) >= 11 is 0.